The molecule has 0 amide bonds. The number of ether oxygens (including phenoxy) is 1. The van der Waals surface area contributed by atoms with Gasteiger partial charge in [0.25, 0.3) is 0 Å². The van der Waals surface area contributed by atoms with Crippen molar-refractivity contribution in [3.8, 4) is 17.0 Å². The molecule has 1 fully saturated rings. The first-order chi connectivity index (χ1) is 16.8. The van der Waals surface area contributed by atoms with Crippen LogP contribution in [-0.4, -0.2) is 78.4 Å². The smallest absolute Gasteiger partial charge is 0.227 e. The largest absolute Gasteiger partial charge is 0.494 e. The van der Waals surface area contributed by atoms with E-state index in [-0.39, 0.29) is 12.0 Å². The minimum absolute atomic E-state index is 0.0402. The molecule has 2 aliphatic heterocycles. The van der Waals surface area contributed by atoms with Gasteiger partial charge in [-0.25, -0.2) is 15.0 Å². The predicted molar refractivity (Wildman–Crippen MR) is 139 cm³/mol. The molecule has 1 aromatic carbocycles. The Bertz CT molecular complexity index is 1250. The van der Waals surface area contributed by atoms with Gasteiger partial charge in [0.05, 0.1) is 35.8 Å². The average molecular weight is 496 g/mol. The first kappa shape index (κ1) is 23.6. The van der Waals surface area contributed by atoms with E-state index in [9.17, 15) is 5.11 Å². The third-order valence-electron chi connectivity index (χ3n) is 6.93. The van der Waals surface area contributed by atoms with Crippen molar-refractivity contribution in [3.63, 3.8) is 0 Å². The number of likely N-dealkylation sites (N-methyl/N-ethyl adjacent to an activating group) is 1. The summed E-state index contributed by atoms with van der Waals surface area (Å²) in [5.41, 5.74) is 3.82. The van der Waals surface area contributed by atoms with E-state index in [0.717, 1.165) is 41.4 Å². The molecule has 1 atom stereocenters. The summed E-state index contributed by atoms with van der Waals surface area (Å²) < 4.78 is 5.65. The molecule has 10 heteroatoms. The van der Waals surface area contributed by atoms with Gasteiger partial charge in [0.1, 0.15) is 11.6 Å². The summed E-state index contributed by atoms with van der Waals surface area (Å²) in [6, 6.07) is 8.19. The van der Waals surface area contributed by atoms with E-state index < -0.39 is 0 Å². The summed E-state index contributed by atoms with van der Waals surface area (Å²) in [5.74, 6) is 1.89. The Hall–Kier alpha value is -3.14. The van der Waals surface area contributed by atoms with Crippen molar-refractivity contribution in [3.05, 3.63) is 47.2 Å². The number of nitrogens with zero attached hydrogens (tertiary/aromatic N) is 5. The summed E-state index contributed by atoms with van der Waals surface area (Å²) in [6.07, 6.45) is 3.48. The number of pyridine rings is 1. The molecule has 5 rings (SSSR count). The van der Waals surface area contributed by atoms with E-state index in [4.69, 9.17) is 21.3 Å². The highest BCUT2D eigenvalue weighted by Crippen LogP contribution is 2.40. The Kier molecular flexibility index (Phi) is 6.16. The molecule has 9 nitrogen and oxygen atoms in total. The second-order valence-electron chi connectivity index (χ2n) is 9.61. The van der Waals surface area contributed by atoms with Crippen molar-refractivity contribution >= 4 is 34.7 Å². The minimum atomic E-state index is -0.374. The molecule has 4 heterocycles. The number of rotatable bonds is 7. The number of fused-ring (bicyclic) bond motifs is 1. The molecule has 0 radical (unpaired) electrons. The number of anilines is 4. The number of hydrogen-bond acceptors (Lipinski definition) is 9. The fourth-order valence-electron chi connectivity index (χ4n) is 4.45. The topological polar surface area (TPSA) is 98.7 Å². The lowest BCUT2D eigenvalue weighted by atomic mass is 9.85. The van der Waals surface area contributed by atoms with E-state index in [0.29, 0.717) is 35.0 Å². The number of benzene rings is 1. The van der Waals surface area contributed by atoms with Crippen LogP contribution in [0.4, 0.5) is 23.1 Å². The van der Waals surface area contributed by atoms with Gasteiger partial charge in [-0.1, -0.05) is 18.5 Å². The van der Waals surface area contributed by atoms with Gasteiger partial charge >= 0.3 is 0 Å². The SMILES string of the molecule is COc1cc(N2CC(N(C)C)C2)c(Cl)cc1Nc1nccc(-c2cnc3c(c2)C(C)(CO)CN3)n1. The molecule has 2 aliphatic rings. The lowest BCUT2D eigenvalue weighted by Gasteiger charge is -2.44. The van der Waals surface area contributed by atoms with Crippen LogP contribution in [0.25, 0.3) is 11.3 Å². The average Bonchev–Trinajstić information content (AvgIpc) is 3.16. The molecule has 0 saturated carbocycles. The summed E-state index contributed by atoms with van der Waals surface area (Å²) in [4.78, 5) is 18.1. The van der Waals surface area contributed by atoms with Crippen LogP contribution in [0.5, 0.6) is 5.75 Å². The third kappa shape index (κ3) is 4.35. The number of aliphatic hydroxyl groups is 1. The van der Waals surface area contributed by atoms with Gasteiger partial charge in [0, 0.05) is 60.7 Å². The van der Waals surface area contributed by atoms with E-state index in [1.165, 1.54) is 0 Å². The second kappa shape index (κ2) is 9.14. The predicted octanol–water partition coefficient (Wildman–Crippen LogP) is 3.37. The molecular weight excluding hydrogens is 466 g/mol. The van der Waals surface area contributed by atoms with Crippen LogP contribution in [0.1, 0.15) is 12.5 Å². The standard InChI is InChI=1S/C25H30ClN7O2/c1-25(14-34)13-29-23-17(25)7-15(10-28-23)19-5-6-27-24(30-19)31-20-8-18(26)21(9-22(20)35-4)33-11-16(12-33)32(2)3/h5-10,16,34H,11-14H2,1-4H3,(H,28,29)(H,27,30,31). The quantitative estimate of drug-likeness (QED) is 0.455. The number of aliphatic hydroxyl groups excluding tert-OH is 1. The minimum Gasteiger partial charge on any atom is -0.494 e. The van der Waals surface area contributed by atoms with Crippen molar-refractivity contribution < 1.29 is 9.84 Å². The highest BCUT2D eigenvalue weighted by molar-refractivity contribution is 6.33. The van der Waals surface area contributed by atoms with Gasteiger partial charge in [-0.3, -0.25) is 0 Å². The van der Waals surface area contributed by atoms with Gasteiger partial charge < -0.3 is 30.3 Å². The molecular formula is C25H30ClN7O2. The fourth-order valence-corrected chi connectivity index (χ4v) is 4.73. The number of halogens is 1. The van der Waals surface area contributed by atoms with Crippen LogP contribution < -0.4 is 20.3 Å². The zero-order chi connectivity index (χ0) is 24.7. The molecule has 0 aliphatic carbocycles. The molecule has 184 valence electrons. The van der Waals surface area contributed by atoms with Gasteiger partial charge in [0.15, 0.2) is 0 Å². The van der Waals surface area contributed by atoms with Crippen molar-refractivity contribution in [2.45, 2.75) is 18.4 Å². The number of nitrogens with one attached hydrogen (secondary N) is 2. The number of hydrogen-bond donors (Lipinski definition) is 3. The van der Waals surface area contributed by atoms with E-state index >= 15 is 0 Å². The summed E-state index contributed by atoms with van der Waals surface area (Å²) in [6.45, 7) is 4.56. The first-order valence-corrected chi connectivity index (χ1v) is 11.9. The van der Waals surface area contributed by atoms with Gasteiger partial charge in [0.2, 0.25) is 5.95 Å². The summed E-state index contributed by atoms with van der Waals surface area (Å²) in [7, 11) is 5.81. The molecule has 3 N–H and O–H groups in total. The zero-order valence-electron chi connectivity index (χ0n) is 20.3. The monoisotopic (exact) mass is 495 g/mol. The van der Waals surface area contributed by atoms with Gasteiger partial charge in [-0.2, -0.15) is 0 Å². The third-order valence-corrected chi connectivity index (χ3v) is 7.24. The maximum atomic E-state index is 9.89. The Morgan fingerprint density at radius 2 is 2.09 bits per heavy atom. The highest BCUT2D eigenvalue weighted by Gasteiger charge is 2.35. The molecule has 2 aromatic heterocycles. The van der Waals surface area contributed by atoms with Crippen molar-refractivity contribution in [1.82, 2.24) is 19.9 Å². The van der Waals surface area contributed by atoms with Crippen LogP contribution in [0.3, 0.4) is 0 Å². The maximum absolute atomic E-state index is 9.89. The first-order valence-electron chi connectivity index (χ1n) is 11.6. The van der Waals surface area contributed by atoms with E-state index in [2.05, 4.69) is 44.5 Å². The molecule has 35 heavy (non-hydrogen) atoms. The van der Waals surface area contributed by atoms with Crippen LogP contribution in [0.15, 0.2) is 36.7 Å². The molecule has 1 unspecified atom stereocenters. The Morgan fingerprint density at radius 1 is 1.29 bits per heavy atom. The fraction of sp³-hybridized carbons (Fsp3) is 0.400. The van der Waals surface area contributed by atoms with Crippen molar-refractivity contribution in [2.24, 2.45) is 0 Å². The van der Waals surface area contributed by atoms with E-state index in [1.54, 1.807) is 19.5 Å². The van der Waals surface area contributed by atoms with Crippen molar-refractivity contribution in [2.75, 3.05) is 63.0 Å². The Balaban J connectivity index is 1.40. The van der Waals surface area contributed by atoms with Crippen LogP contribution in [0.2, 0.25) is 5.02 Å². The zero-order valence-corrected chi connectivity index (χ0v) is 21.1. The Morgan fingerprint density at radius 3 is 2.80 bits per heavy atom. The number of methoxy groups -OCH3 is 1. The maximum Gasteiger partial charge on any atom is 0.227 e. The van der Waals surface area contributed by atoms with E-state index in [1.807, 2.05) is 31.2 Å². The van der Waals surface area contributed by atoms with Gasteiger partial charge in [-0.15, -0.1) is 0 Å². The normalized spacial score (nSPS) is 19.3. The second-order valence-corrected chi connectivity index (χ2v) is 10.0. The molecule has 3 aromatic rings. The van der Waals surface area contributed by atoms with Gasteiger partial charge in [-0.05, 0) is 32.3 Å². The molecule has 0 bridgehead atoms. The highest BCUT2D eigenvalue weighted by atomic mass is 35.5. The Labute approximate surface area is 210 Å². The van der Waals surface area contributed by atoms with Crippen LogP contribution >= 0.6 is 11.6 Å². The lowest BCUT2D eigenvalue weighted by molar-refractivity contribution is 0.218. The molecule has 1 saturated heterocycles. The summed E-state index contributed by atoms with van der Waals surface area (Å²) >= 11 is 6.65. The van der Waals surface area contributed by atoms with Crippen LogP contribution in [-0.2, 0) is 5.41 Å². The molecule has 0 spiro atoms. The van der Waals surface area contributed by atoms with Crippen LogP contribution in [0, 0.1) is 0 Å². The number of aromatic nitrogens is 3. The van der Waals surface area contributed by atoms with Crippen molar-refractivity contribution in [1.29, 1.82) is 0 Å². The summed E-state index contributed by atoms with van der Waals surface area (Å²) in [5, 5.41) is 17.0. The lowest BCUT2D eigenvalue weighted by Crippen LogP contribution is -2.57.